The standard InChI is InChI=1S/C35H45F3N4O5/c1-34(2,3)47-33(43)41-15-8-10-28-22-30-31(12-7-13-32(30)42(28)25-35(36,37)38)39-23-26(24-40(4)5)14-16-44-17-18-45-19-20-46-29-11-6-9-27(41)21-29/h6-7,9,11-13,21-22,26,39H,14-20,23-25H2,1-5H3. The van der Waals surface area contributed by atoms with Crippen LogP contribution in [0.3, 0.4) is 0 Å². The maximum absolute atomic E-state index is 13.8. The molecule has 4 bridgehead atoms. The van der Waals surface area contributed by atoms with Crippen LogP contribution < -0.4 is 15.0 Å². The molecule has 2 aromatic carbocycles. The van der Waals surface area contributed by atoms with E-state index in [-0.39, 0.29) is 24.8 Å². The minimum atomic E-state index is -4.47. The Labute approximate surface area is 274 Å². The van der Waals surface area contributed by atoms with Crippen LogP contribution >= 0.6 is 0 Å². The second-order valence-electron chi connectivity index (χ2n) is 12.7. The summed E-state index contributed by atoms with van der Waals surface area (Å²) in [6, 6.07) is 13.8. The highest BCUT2D eigenvalue weighted by molar-refractivity contribution is 5.94. The van der Waals surface area contributed by atoms with Gasteiger partial charge in [0.15, 0.2) is 0 Å². The second kappa shape index (κ2) is 16.3. The molecule has 47 heavy (non-hydrogen) atoms. The topological polar surface area (TPSA) is 77.4 Å². The molecule has 0 radical (unpaired) electrons. The van der Waals surface area contributed by atoms with Gasteiger partial charge < -0.3 is 33.7 Å². The Kier molecular flexibility index (Phi) is 12.4. The van der Waals surface area contributed by atoms with Crippen LogP contribution in [0.4, 0.5) is 29.3 Å². The van der Waals surface area contributed by atoms with Gasteiger partial charge in [-0.05, 0) is 83.5 Å². The van der Waals surface area contributed by atoms with Gasteiger partial charge in [0.25, 0.3) is 0 Å². The number of hydrogen-bond acceptors (Lipinski definition) is 7. The SMILES string of the molecule is CN(C)CC1CCOCCOCCOc2cccc(c2)N(C(=O)OC(C)(C)C)CC#Cc2cc3c(cccc3n2CC(F)(F)F)NC1. The molecule has 2 heterocycles. The smallest absolute Gasteiger partial charge is 0.415 e. The summed E-state index contributed by atoms with van der Waals surface area (Å²) in [7, 11) is 4.01. The minimum Gasteiger partial charge on any atom is -0.491 e. The Hall–Kier alpha value is -3.92. The van der Waals surface area contributed by atoms with E-state index in [9.17, 15) is 18.0 Å². The number of fused-ring (bicyclic) bond motifs is 3. The first-order valence-corrected chi connectivity index (χ1v) is 15.7. The van der Waals surface area contributed by atoms with E-state index in [0.717, 1.165) is 18.7 Å². The average Bonchev–Trinajstić information content (AvgIpc) is 3.31. The van der Waals surface area contributed by atoms with Gasteiger partial charge in [0.1, 0.15) is 24.5 Å². The number of benzene rings is 2. The zero-order valence-electron chi connectivity index (χ0n) is 27.8. The van der Waals surface area contributed by atoms with Crippen molar-refractivity contribution in [3.05, 3.63) is 54.2 Å². The zero-order valence-corrected chi connectivity index (χ0v) is 27.8. The summed E-state index contributed by atoms with van der Waals surface area (Å²) in [6.07, 6.45) is -4.33. The molecule has 3 aromatic rings. The van der Waals surface area contributed by atoms with Crippen LogP contribution in [0.25, 0.3) is 10.9 Å². The van der Waals surface area contributed by atoms with E-state index < -0.39 is 24.4 Å². The maximum atomic E-state index is 13.8. The lowest BCUT2D eigenvalue weighted by Gasteiger charge is -2.26. The van der Waals surface area contributed by atoms with Crippen LogP contribution in [0.1, 0.15) is 32.9 Å². The van der Waals surface area contributed by atoms with Crippen molar-refractivity contribution in [3.8, 4) is 17.6 Å². The molecule has 9 nitrogen and oxygen atoms in total. The van der Waals surface area contributed by atoms with E-state index in [4.69, 9.17) is 18.9 Å². The monoisotopic (exact) mass is 658 g/mol. The number of nitrogens with zero attached hydrogens (tertiary/aromatic N) is 3. The fraction of sp³-hybridized carbons (Fsp3) is 0.514. The number of carbonyl (C=O) groups excluding carboxylic acids is 1. The number of ether oxygens (including phenoxy) is 4. The second-order valence-corrected chi connectivity index (χ2v) is 12.7. The van der Waals surface area contributed by atoms with Crippen LogP contribution in [0, 0.1) is 17.8 Å². The number of amides is 1. The molecule has 0 saturated carbocycles. The molecule has 4 rings (SSSR count). The van der Waals surface area contributed by atoms with Gasteiger partial charge in [0.2, 0.25) is 0 Å². The first kappa shape index (κ1) is 35.9. The first-order chi connectivity index (χ1) is 22.3. The molecule has 256 valence electrons. The summed E-state index contributed by atoms with van der Waals surface area (Å²) in [4.78, 5) is 16.8. The summed E-state index contributed by atoms with van der Waals surface area (Å²) < 4.78 is 65.7. The summed E-state index contributed by atoms with van der Waals surface area (Å²) in [5.74, 6) is 6.59. The zero-order chi connectivity index (χ0) is 34.0. The van der Waals surface area contributed by atoms with Crippen LogP contribution in [0.5, 0.6) is 5.75 Å². The lowest BCUT2D eigenvalue weighted by atomic mass is 10.1. The Morgan fingerprint density at radius 2 is 1.74 bits per heavy atom. The van der Waals surface area contributed by atoms with Gasteiger partial charge in [0.05, 0.1) is 43.3 Å². The van der Waals surface area contributed by atoms with Crippen molar-refractivity contribution >= 4 is 28.4 Å². The number of aromatic nitrogens is 1. The molecule has 1 aliphatic heterocycles. The van der Waals surface area contributed by atoms with Crippen molar-refractivity contribution in [3.63, 3.8) is 0 Å². The highest BCUT2D eigenvalue weighted by Gasteiger charge is 2.30. The van der Waals surface area contributed by atoms with Crippen LogP contribution in [-0.2, 0) is 20.8 Å². The summed E-state index contributed by atoms with van der Waals surface area (Å²) in [5.41, 5.74) is 0.994. The van der Waals surface area contributed by atoms with Gasteiger partial charge >= 0.3 is 12.3 Å². The lowest BCUT2D eigenvalue weighted by molar-refractivity contribution is -0.140. The quantitative estimate of drug-likeness (QED) is 0.327. The number of alkyl halides is 3. The van der Waals surface area contributed by atoms with E-state index in [1.807, 2.05) is 20.2 Å². The van der Waals surface area contributed by atoms with Crippen LogP contribution in [-0.4, -0.2) is 94.1 Å². The number of rotatable bonds is 3. The normalized spacial score (nSPS) is 17.5. The molecule has 1 unspecified atom stereocenters. The van der Waals surface area contributed by atoms with Crippen LogP contribution in [0.15, 0.2) is 48.5 Å². The van der Waals surface area contributed by atoms with Crippen molar-refractivity contribution in [2.75, 3.05) is 77.0 Å². The van der Waals surface area contributed by atoms with Crippen molar-refractivity contribution in [2.24, 2.45) is 5.92 Å². The number of halogens is 3. The van der Waals surface area contributed by atoms with Gasteiger partial charge in [-0.3, -0.25) is 4.90 Å². The fourth-order valence-corrected chi connectivity index (χ4v) is 5.24. The highest BCUT2D eigenvalue weighted by atomic mass is 19.4. The number of nitrogens with one attached hydrogen (secondary N) is 1. The Bertz CT molecular complexity index is 1540. The molecule has 0 aliphatic carbocycles. The maximum Gasteiger partial charge on any atom is 0.415 e. The van der Waals surface area contributed by atoms with Gasteiger partial charge in [-0.1, -0.05) is 18.1 Å². The molecule has 12 heteroatoms. The van der Waals surface area contributed by atoms with Crippen molar-refractivity contribution in [2.45, 2.75) is 45.5 Å². The van der Waals surface area contributed by atoms with Gasteiger partial charge in [-0.25, -0.2) is 4.79 Å². The number of hydrogen-bond donors (Lipinski definition) is 1. The lowest BCUT2D eigenvalue weighted by Crippen LogP contribution is -2.37. The Morgan fingerprint density at radius 3 is 2.47 bits per heavy atom. The minimum absolute atomic E-state index is 0.133. The van der Waals surface area contributed by atoms with E-state index in [1.54, 1.807) is 63.2 Å². The average molecular weight is 659 g/mol. The molecular weight excluding hydrogens is 613 g/mol. The van der Waals surface area contributed by atoms with Gasteiger partial charge in [-0.2, -0.15) is 13.2 Å². The third kappa shape index (κ3) is 11.4. The number of carbonyl (C=O) groups is 1. The summed E-state index contributed by atoms with van der Waals surface area (Å²) in [6.45, 7) is 7.39. The van der Waals surface area contributed by atoms with Crippen molar-refractivity contribution in [1.29, 1.82) is 0 Å². The van der Waals surface area contributed by atoms with E-state index in [0.29, 0.717) is 55.3 Å². The van der Waals surface area contributed by atoms with Crippen LogP contribution in [0.2, 0.25) is 0 Å². The van der Waals surface area contributed by atoms with Gasteiger partial charge in [0, 0.05) is 36.8 Å². The molecule has 1 aromatic heterocycles. The summed E-state index contributed by atoms with van der Waals surface area (Å²) in [5, 5.41) is 4.10. The molecule has 0 spiro atoms. The third-order valence-electron chi connectivity index (χ3n) is 7.22. The molecule has 1 aliphatic rings. The van der Waals surface area contributed by atoms with E-state index in [2.05, 4.69) is 22.1 Å². The van der Waals surface area contributed by atoms with Gasteiger partial charge in [-0.15, -0.1) is 0 Å². The van der Waals surface area contributed by atoms with E-state index in [1.165, 1.54) is 9.47 Å². The third-order valence-corrected chi connectivity index (χ3v) is 7.22. The molecule has 0 saturated heterocycles. The molecule has 0 fully saturated rings. The largest absolute Gasteiger partial charge is 0.491 e. The Balaban J connectivity index is 1.73. The Morgan fingerprint density at radius 1 is 1.02 bits per heavy atom. The molecular formula is C35H45F3N4O5. The van der Waals surface area contributed by atoms with Crippen molar-refractivity contribution < 1.29 is 36.9 Å². The molecule has 1 amide bonds. The van der Waals surface area contributed by atoms with E-state index >= 15 is 0 Å². The summed E-state index contributed by atoms with van der Waals surface area (Å²) >= 11 is 0. The predicted molar refractivity (Wildman–Crippen MR) is 177 cm³/mol. The molecule has 1 atom stereocenters. The first-order valence-electron chi connectivity index (χ1n) is 15.7. The predicted octanol–water partition coefficient (Wildman–Crippen LogP) is 6.40. The highest BCUT2D eigenvalue weighted by Crippen LogP contribution is 2.31. The number of anilines is 2. The van der Waals surface area contributed by atoms with Crippen molar-refractivity contribution in [1.82, 2.24) is 9.47 Å². The molecule has 1 N–H and O–H groups in total. The fourth-order valence-electron chi connectivity index (χ4n) is 5.24.